The first kappa shape index (κ1) is 15.2. The Labute approximate surface area is 116 Å². The Kier molecular flexibility index (Phi) is 5.35. The number of hydrogen-bond acceptors (Lipinski definition) is 2. The van der Waals surface area contributed by atoms with E-state index in [1.165, 1.54) is 0 Å². The summed E-state index contributed by atoms with van der Waals surface area (Å²) in [4.78, 5) is 11.3. The van der Waals surface area contributed by atoms with Crippen molar-refractivity contribution < 1.29 is 14.6 Å². The minimum Gasteiger partial charge on any atom is -0.481 e. The fraction of sp³-hybridized carbons (Fsp3) is 0.500. The van der Waals surface area contributed by atoms with Crippen LogP contribution < -0.4 is 0 Å². The summed E-state index contributed by atoms with van der Waals surface area (Å²) < 4.78 is 6.42. The predicted molar refractivity (Wildman–Crippen MR) is 74.8 cm³/mol. The highest BCUT2D eigenvalue weighted by Gasteiger charge is 2.22. The zero-order chi connectivity index (χ0) is 13.8. The Balaban J connectivity index is 2.73. The third kappa shape index (κ3) is 4.78. The summed E-state index contributed by atoms with van der Waals surface area (Å²) in [6.45, 7) is 6.31. The lowest BCUT2D eigenvalue weighted by molar-refractivity contribution is -0.139. The molecule has 0 aliphatic rings. The van der Waals surface area contributed by atoms with Gasteiger partial charge in [-0.15, -0.1) is 0 Å². The highest BCUT2D eigenvalue weighted by Crippen LogP contribution is 2.28. The molecule has 0 saturated carbocycles. The molecule has 0 radical (unpaired) electrons. The Morgan fingerprint density at radius 3 is 2.50 bits per heavy atom. The number of rotatable bonds is 5. The van der Waals surface area contributed by atoms with Gasteiger partial charge in [-0.1, -0.05) is 34.1 Å². The predicted octanol–water partition coefficient (Wildman–Crippen LogP) is 3.82. The van der Waals surface area contributed by atoms with Gasteiger partial charge >= 0.3 is 5.97 Å². The number of benzene rings is 1. The van der Waals surface area contributed by atoms with Gasteiger partial charge in [0.2, 0.25) is 0 Å². The van der Waals surface area contributed by atoms with E-state index in [-0.39, 0.29) is 5.60 Å². The van der Waals surface area contributed by atoms with Crippen LogP contribution >= 0.6 is 15.9 Å². The maximum Gasteiger partial charge on any atom is 0.311 e. The summed E-state index contributed by atoms with van der Waals surface area (Å²) >= 11 is 3.39. The topological polar surface area (TPSA) is 46.5 Å². The molecule has 0 amide bonds. The third-order valence-electron chi connectivity index (χ3n) is 2.52. The van der Waals surface area contributed by atoms with Crippen LogP contribution in [0.5, 0.6) is 0 Å². The van der Waals surface area contributed by atoms with Gasteiger partial charge in [0.1, 0.15) is 0 Å². The first-order valence-corrected chi connectivity index (χ1v) is 6.72. The van der Waals surface area contributed by atoms with Crippen LogP contribution in [0.4, 0.5) is 0 Å². The molecule has 0 fully saturated rings. The van der Waals surface area contributed by atoms with Crippen LogP contribution in [0, 0.1) is 0 Å². The molecule has 0 spiro atoms. The molecule has 0 aliphatic heterocycles. The molecule has 0 heterocycles. The molecular formula is C14H19BrO3. The summed E-state index contributed by atoms with van der Waals surface area (Å²) in [5.74, 6) is -1.36. The van der Waals surface area contributed by atoms with Gasteiger partial charge in [0, 0.05) is 11.1 Å². The maximum atomic E-state index is 11.3. The van der Waals surface area contributed by atoms with E-state index < -0.39 is 11.9 Å². The van der Waals surface area contributed by atoms with E-state index in [0.29, 0.717) is 13.0 Å². The molecule has 1 rings (SSSR count). The average Bonchev–Trinajstić information content (AvgIpc) is 2.24. The summed E-state index contributed by atoms with van der Waals surface area (Å²) in [7, 11) is 0. The first-order valence-electron chi connectivity index (χ1n) is 5.92. The Morgan fingerprint density at radius 1 is 1.39 bits per heavy atom. The number of hydrogen-bond donors (Lipinski definition) is 1. The minimum atomic E-state index is -0.820. The van der Waals surface area contributed by atoms with Crippen LogP contribution in [0.25, 0.3) is 0 Å². The molecule has 0 aliphatic carbocycles. The molecule has 0 bridgehead atoms. The van der Waals surface area contributed by atoms with Crippen molar-refractivity contribution in [1.82, 2.24) is 0 Å². The van der Waals surface area contributed by atoms with Crippen LogP contribution in [0.1, 0.15) is 38.7 Å². The zero-order valence-corrected chi connectivity index (χ0v) is 12.5. The van der Waals surface area contributed by atoms with Crippen molar-refractivity contribution in [1.29, 1.82) is 0 Å². The van der Waals surface area contributed by atoms with Crippen molar-refractivity contribution in [3.8, 4) is 0 Å². The molecular weight excluding hydrogens is 296 g/mol. The number of ether oxygens (including phenoxy) is 1. The lowest BCUT2D eigenvalue weighted by atomic mass is 9.96. The molecule has 0 saturated heterocycles. The monoisotopic (exact) mass is 314 g/mol. The molecule has 100 valence electrons. The standard InChI is InChI=1S/C14H19BrO3/c1-14(2,3)18-9-8-11(13(16)17)10-6-4-5-7-12(10)15/h4-7,11H,8-9H2,1-3H3,(H,16,17). The van der Waals surface area contributed by atoms with Gasteiger partial charge < -0.3 is 9.84 Å². The number of aliphatic carboxylic acids is 1. The highest BCUT2D eigenvalue weighted by atomic mass is 79.9. The van der Waals surface area contributed by atoms with Crippen molar-refractivity contribution in [2.45, 2.75) is 38.7 Å². The number of carbonyl (C=O) groups is 1. The second kappa shape index (κ2) is 6.34. The molecule has 1 atom stereocenters. The van der Waals surface area contributed by atoms with Crippen LogP contribution in [0.15, 0.2) is 28.7 Å². The fourth-order valence-corrected chi connectivity index (χ4v) is 2.21. The van der Waals surface area contributed by atoms with E-state index in [1.54, 1.807) is 0 Å². The van der Waals surface area contributed by atoms with E-state index in [1.807, 2.05) is 45.0 Å². The summed E-state index contributed by atoms with van der Waals surface area (Å²) in [6.07, 6.45) is 0.467. The van der Waals surface area contributed by atoms with Gasteiger partial charge in [-0.3, -0.25) is 4.79 Å². The molecule has 0 aromatic heterocycles. The normalized spacial score (nSPS) is 13.3. The van der Waals surface area contributed by atoms with E-state index in [9.17, 15) is 9.90 Å². The van der Waals surface area contributed by atoms with Gasteiger partial charge in [0.15, 0.2) is 0 Å². The third-order valence-corrected chi connectivity index (χ3v) is 3.24. The van der Waals surface area contributed by atoms with E-state index in [0.717, 1.165) is 10.0 Å². The second-order valence-corrected chi connectivity index (χ2v) is 6.02. The van der Waals surface area contributed by atoms with E-state index in [2.05, 4.69) is 15.9 Å². The van der Waals surface area contributed by atoms with Crippen LogP contribution in [-0.2, 0) is 9.53 Å². The van der Waals surface area contributed by atoms with Gasteiger partial charge in [0.25, 0.3) is 0 Å². The van der Waals surface area contributed by atoms with Crippen molar-refractivity contribution >= 4 is 21.9 Å². The van der Waals surface area contributed by atoms with E-state index in [4.69, 9.17) is 4.74 Å². The number of carboxylic acid groups (broad SMARTS) is 1. The van der Waals surface area contributed by atoms with Gasteiger partial charge in [0.05, 0.1) is 11.5 Å². The summed E-state index contributed by atoms with van der Waals surface area (Å²) in [6, 6.07) is 7.41. The fourth-order valence-electron chi connectivity index (χ4n) is 1.65. The average molecular weight is 315 g/mol. The molecule has 3 nitrogen and oxygen atoms in total. The van der Waals surface area contributed by atoms with Crippen LogP contribution in [-0.4, -0.2) is 23.3 Å². The highest BCUT2D eigenvalue weighted by molar-refractivity contribution is 9.10. The minimum absolute atomic E-state index is 0.239. The van der Waals surface area contributed by atoms with E-state index >= 15 is 0 Å². The maximum absolute atomic E-state index is 11.3. The Bertz CT molecular complexity index is 410. The van der Waals surface area contributed by atoms with Gasteiger partial charge in [-0.05, 0) is 38.8 Å². The smallest absolute Gasteiger partial charge is 0.311 e. The SMILES string of the molecule is CC(C)(C)OCCC(C(=O)O)c1ccccc1Br. The summed E-state index contributed by atoms with van der Waals surface area (Å²) in [5, 5.41) is 9.30. The molecule has 1 aromatic rings. The van der Waals surface area contributed by atoms with Crippen molar-refractivity contribution in [3.05, 3.63) is 34.3 Å². The molecule has 18 heavy (non-hydrogen) atoms. The number of halogens is 1. The van der Waals surface area contributed by atoms with Gasteiger partial charge in [-0.2, -0.15) is 0 Å². The van der Waals surface area contributed by atoms with Crippen molar-refractivity contribution in [2.24, 2.45) is 0 Å². The largest absolute Gasteiger partial charge is 0.481 e. The second-order valence-electron chi connectivity index (χ2n) is 5.16. The van der Waals surface area contributed by atoms with Crippen molar-refractivity contribution in [3.63, 3.8) is 0 Å². The van der Waals surface area contributed by atoms with Crippen molar-refractivity contribution in [2.75, 3.05) is 6.61 Å². The Morgan fingerprint density at radius 2 is 2.00 bits per heavy atom. The first-order chi connectivity index (χ1) is 8.31. The lowest BCUT2D eigenvalue weighted by Gasteiger charge is -2.21. The summed E-state index contributed by atoms with van der Waals surface area (Å²) in [5.41, 5.74) is 0.555. The molecule has 1 aromatic carbocycles. The quantitative estimate of drug-likeness (QED) is 0.898. The van der Waals surface area contributed by atoms with Gasteiger partial charge in [-0.25, -0.2) is 0 Å². The Hall–Kier alpha value is -0.870. The van der Waals surface area contributed by atoms with Crippen LogP contribution in [0.3, 0.4) is 0 Å². The van der Waals surface area contributed by atoms with Crippen LogP contribution in [0.2, 0.25) is 0 Å². The molecule has 4 heteroatoms. The lowest BCUT2D eigenvalue weighted by Crippen LogP contribution is -2.22. The molecule has 1 unspecified atom stereocenters. The molecule has 1 N–H and O–H groups in total. The zero-order valence-electron chi connectivity index (χ0n) is 10.9. The number of carboxylic acids is 1.